The van der Waals surface area contributed by atoms with Gasteiger partial charge < -0.3 is 9.32 Å². The molecule has 2 aromatic rings. The van der Waals surface area contributed by atoms with Gasteiger partial charge >= 0.3 is 0 Å². The summed E-state index contributed by atoms with van der Waals surface area (Å²) in [5.41, 5.74) is 2.54. The van der Waals surface area contributed by atoms with E-state index in [-0.39, 0.29) is 11.9 Å². The van der Waals surface area contributed by atoms with Crippen LogP contribution in [-0.4, -0.2) is 17.9 Å². The molecule has 1 aromatic carbocycles. The highest BCUT2D eigenvalue weighted by molar-refractivity contribution is 5.76. The molecule has 0 fully saturated rings. The van der Waals surface area contributed by atoms with Crippen molar-refractivity contribution in [3.8, 4) is 0 Å². The van der Waals surface area contributed by atoms with Gasteiger partial charge in [-0.3, -0.25) is 4.79 Å². The second kappa shape index (κ2) is 7.11. The Morgan fingerprint density at radius 1 is 1.19 bits per heavy atom. The van der Waals surface area contributed by atoms with Crippen LogP contribution >= 0.6 is 0 Å². The quantitative estimate of drug-likeness (QED) is 0.804. The van der Waals surface area contributed by atoms with Gasteiger partial charge in [0.2, 0.25) is 5.91 Å². The normalized spacial score (nSPS) is 12.1. The molecule has 1 heterocycles. The number of rotatable bonds is 6. The first-order chi connectivity index (χ1) is 10.1. The van der Waals surface area contributed by atoms with Crippen molar-refractivity contribution in [2.75, 3.05) is 7.05 Å². The highest BCUT2D eigenvalue weighted by Crippen LogP contribution is 2.20. The third kappa shape index (κ3) is 3.97. The number of carbonyl (C=O) groups excluding carboxylic acids is 1. The van der Waals surface area contributed by atoms with E-state index < -0.39 is 0 Å². The van der Waals surface area contributed by atoms with E-state index >= 15 is 0 Å². The standard InChI is InChI=1S/C18H23NO2/c1-4-15-7-9-16(10-8-15)11-12-18(20)19(3)14(2)17-6-5-13-21-17/h5-10,13-14H,4,11-12H2,1-3H3. The second-order valence-corrected chi connectivity index (χ2v) is 5.37. The van der Waals surface area contributed by atoms with Gasteiger partial charge in [-0.15, -0.1) is 0 Å². The number of furan rings is 1. The summed E-state index contributed by atoms with van der Waals surface area (Å²) in [6.45, 7) is 4.12. The molecule has 0 aliphatic heterocycles. The number of amides is 1. The van der Waals surface area contributed by atoms with Crippen LogP contribution in [-0.2, 0) is 17.6 Å². The Bertz CT molecular complexity index is 557. The summed E-state index contributed by atoms with van der Waals surface area (Å²) in [5, 5.41) is 0. The van der Waals surface area contributed by atoms with Gasteiger partial charge in [-0.1, -0.05) is 31.2 Å². The summed E-state index contributed by atoms with van der Waals surface area (Å²) in [7, 11) is 1.83. The molecule has 112 valence electrons. The molecule has 1 atom stereocenters. The van der Waals surface area contributed by atoms with E-state index in [2.05, 4.69) is 31.2 Å². The number of hydrogen-bond donors (Lipinski definition) is 0. The third-order valence-corrected chi connectivity index (χ3v) is 3.99. The Balaban J connectivity index is 1.88. The molecule has 0 N–H and O–H groups in total. The van der Waals surface area contributed by atoms with Gasteiger partial charge in [0.25, 0.3) is 0 Å². The van der Waals surface area contributed by atoms with Gasteiger partial charge in [-0.25, -0.2) is 0 Å². The molecule has 3 heteroatoms. The van der Waals surface area contributed by atoms with Crippen LogP contribution in [0, 0.1) is 0 Å². The lowest BCUT2D eigenvalue weighted by atomic mass is 10.1. The van der Waals surface area contributed by atoms with Gasteiger partial charge in [0.1, 0.15) is 5.76 Å². The smallest absolute Gasteiger partial charge is 0.223 e. The summed E-state index contributed by atoms with van der Waals surface area (Å²) in [6.07, 6.45) is 3.98. The first kappa shape index (κ1) is 15.4. The number of carbonyl (C=O) groups is 1. The first-order valence-electron chi connectivity index (χ1n) is 7.48. The van der Waals surface area contributed by atoms with Crippen LogP contribution in [0.25, 0.3) is 0 Å². The van der Waals surface area contributed by atoms with E-state index in [0.29, 0.717) is 6.42 Å². The topological polar surface area (TPSA) is 33.5 Å². The van der Waals surface area contributed by atoms with Crippen molar-refractivity contribution >= 4 is 5.91 Å². The lowest BCUT2D eigenvalue weighted by molar-refractivity contribution is -0.132. The van der Waals surface area contributed by atoms with Crippen molar-refractivity contribution in [2.45, 2.75) is 39.2 Å². The molecule has 3 nitrogen and oxygen atoms in total. The highest BCUT2D eigenvalue weighted by atomic mass is 16.3. The fraction of sp³-hybridized carbons (Fsp3) is 0.389. The predicted octanol–water partition coefficient (Wildman–Crippen LogP) is 3.99. The Kier molecular flexibility index (Phi) is 5.20. The van der Waals surface area contributed by atoms with Crippen molar-refractivity contribution in [3.63, 3.8) is 0 Å². The van der Waals surface area contributed by atoms with E-state index in [1.165, 1.54) is 11.1 Å². The van der Waals surface area contributed by atoms with E-state index in [1.807, 2.05) is 26.1 Å². The molecule has 0 radical (unpaired) electrons. The summed E-state index contributed by atoms with van der Waals surface area (Å²) in [6, 6.07) is 12.2. The lowest BCUT2D eigenvalue weighted by Gasteiger charge is -2.23. The van der Waals surface area contributed by atoms with Crippen LogP contribution in [0.3, 0.4) is 0 Å². The lowest BCUT2D eigenvalue weighted by Crippen LogP contribution is -2.29. The van der Waals surface area contributed by atoms with Crippen LogP contribution in [0.2, 0.25) is 0 Å². The first-order valence-corrected chi connectivity index (χ1v) is 7.48. The van der Waals surface area contributed by atoms with Crippen LogP contribution < -0.4 is 0 Å². The molecule has 2 rings (SSSR count). The Hall–Kier alpha value is -2.03. The van der Waals surface area contributed by atoms with Crippen LogP contribution in [0.5, 0.6) is 0 Å². The van der Waals surface area contributed by atoms with Gasteiger partial charge in [0.05, 0.1) is 12.3 Å². The number of aryl methyl sites for hydroxylation is 2. The number of hydrogen-bond acceptors (Lipinski definition) is 2. The molecule has 0 saturated heterocycles. The molecule has 0 aliphatic carbocycles. The zero-order valence-electron chi connectivity index (χ0n) is 13.0. The van der Waals surface area contributed by atoms with E-state index in [9.17, 15) is 4.79 Å². The summed E-state index contributed by atoms with van der Waals surface area (Å²) < 4.78 is 5.36. The number of nitrogens with zero attached hydrogens (tertiary/aromatic N) is 1. The van der Waals surface area contributed by atoms with Crippen molar-refractivity contribution < 1.29 is 9.21 Å². The van der Waals surface area contributed by atoms with Gasteiger partial charge in [0.15, 0.2) is 0 Å². The van der Waals surface area contributed by atoms with Gasteiger partial charge in [-0.05, 0) is 43.0 Å². The van der Waals surface area contributed by atoms with E-state index in [0.717, 1.165) is 18.6 Å². The van der Waals surface area contributed by atoms with Gasteiger partial charge in [0, 0.05) is 13.5 Å². The zero-order chi connectivity index (χ0) is 15.2. The Labute approximate surface area is 126 Å². The van der Waals surface area contributed by atoms with Crippen molar-refractivity contribution in [1.82, 2.24) is 4.90 Å². The largest absolute Gasteiger partial charge is 0.467 e. The molecular formula is C18H23NO2. The molecule has 0 bridgehead atoms. The minimum absolute atomic E-state index is 0.0324. The summed E-state index contributed by atoms with van der Waals surface area (Å²) >= 11 is 0. The summed E-state index contributed by atoms with van der Waals surface area (Å²) in [5.74, 6) is 0.955. The molecular weight excluding hydrogens is 262 g/mol. The highest BCUT2D eigenvalue weighted by Gasteiger charge is 2.18. The Morgan fingerprint density at radius 2 is 1.86 bits per heavy atom. The third-order valence-electron chi connectivity index (χ3n) is 3.99. The maximum Gasteiger partial charge on any atom is 0.223 e. The van der Waals surface area contributed by atoms with Crippen LogP contribution in [0.1, 0.15) is 43.2 Å². The van der Waals surface area contributed by atoms with E-state index in [1.54, 1.807) is 11.2 Å². The minimum Gasteiger partial charge on any atom is -0.467 e. The fourth-order valence-corrected chi connectivity index (χ4v) is 2.31. The molecule has 0 spiro atoms. The number of benzene rings is 1. The predicted molar refractivity (Wildman–Crippen MR) is 84.0 cm³/mol. The van der Waals surface area contributed by atoms with Gasteiger partial charge in [-0.2, -0.15) is 0 Å². The van der Waals surface area contributed by atoms with Crippen molar-refractivity contribution in [3.05, 3.63) is 59.5 Å². The molecule has 0 saturated carbocycles. The minimum atomic E-state index is -0.0324. The SMILES string of the molecule is CCc1ccc(CCC(=O)N(C)C(C)c2ccco2)cc1. The fourth-order valence-electron chi connectivity index (χ4n) is 2.31. The van der Waals surface area contributed by atoms with Crippen LogP contribution in [0.4, 0.5) is 0 Å². The average molecular weight is 285 g/mol. The maximum absolute atomic E-state index is 12.3. The van der Waals surface area contributed by atoms with Crippen molar-refractivity contribution in [2.24, 2.45) is 0 Å². The molecule has 1 aromatic heterocycles. The average Bonchev–Trinajstić information content (AvgIpc) is 3.06. The van der Waals surface area contributed by atoms with Crippen molar-refractivity contribution in [1.29, 1.82) is 0 Å². The molecule has 21 heavy (non-hydrogen) atoms. The second-order valence-electron chi connectivity index (χ2n) is 5.37. The summed E-state index contributed by atoms with van der Waals surface area (Å²) in [4.78, 5) is 14.0. The maximum atomic E-state index is 12.3. The molecule has 1 unspecified atom stereocenters. The molecule has 1 amide bonds. The monoisotopic (exact) mass is 285 g/mol. The molecule has 0 aliphatic rings. The van der Waals surface area contributed by atoms with E-state index in [4.69, 9.17) is 4.42 Å². The zero-order valence-corrected chi connectivity index (χ0v) is 13.0. The Morgan fingerprint density at radius 3 is 2.43 bits per heavy atom. The van der Waals surface area contributed by atoms with Crippen LogP contribution in [0.15, 0.2) is 47.1 Å².